The minimum absolute atomic E-state index is 0.181. The summed E-state index contributed by atoms with van der Waals surface area (Å²) in [5, 5.41) is 8.83. The molecule has 6 nitrogen and oxygen atoms in total. The number of aliphatic imine (C=N–C) groups is 2. The summed E-state index contributed by atoms with van der Waals surface area (Å²) in [5.74, 6) is 7.43. The fourth-order valence-electron chi connectivity index (χ4n) is 2.16. The third-order valence-electron chi connectivity index (χ3n) is 3.29. The van der Waals surface area contributed by atoms with Gasteiger partial charge in [-0.3, -0.25) is 0 Å². The molecule has 1 unspecified atom stereocenters. The van der Waals surface area contributed by atoms with Crippen molar-refractivity contribution in [1.29, 1.82) is 5.26 Å². The lowest BCUT2D eigenvalue weighted by molar-refractivity contribution is 0.603. The van der Waals surface area contributed by atoms with E-state index in [2.05, 4.69) is 45.0 Å². The van der Waals surface area contributed by atoms with Crippen LogP contribution in [0.5, 0.6) is 0 Å². The maximum Gasteiger partial charge on any atom is 0.208 e. The first-order valence-corrected chi connectivity index (χ1v) is 8.12. The average molecular weight is 324 g/mol. The number of nitrogens with two attached hydrogens (primary N) is 1. The molecule has 0 bridgehead atoms. The Hall–Kier alpha value is -2.86. The summed E-state index contributed by atoms with van der Waals surface area (Å²) >= 11 is 0. The van der Waals surface area contributed by atoms with Crippen molar-refractivity contribution in [3.05, 3.63) is 24.2 Å². The van der Waals surface area contributed by atoms with Gasteiger partial charge in [-0.2, -0.15) is 5.26 Å². The van der Waals surface area contributed by atoms with Crippen molar-refractivity contribution < 1.29 is 0 Å². The molecule has 1 aliphatic rings. The zero-order chi connectivity index (χ0) is 17.8. The Balaban J connectivity index is 0.00000139. The smallest absolute Gasteiger partial charge is 0.208 e. The topological polar surface area (TPSA) is 92.3 Å². The lowest BCUT2D eigenvalue weighted by Gasteiger charge is -2.09. The van der Waals surface area contributed by atoms with E-state index in [1.54, 1.807) is 10.9 Å². The Bertz CT molecular complexity index is 706. The number of hydrogen-bond acceptors (Lipinski definition) is 3. The van der Waals surface area contributed by atoms with Crippen LogP contribution in [0, 0.1) is 36.0 Å². The number of hydrogen-bond donors (Lipinski definition) is 1. The number of allylic oxidation sites excluding steroid dienone is 2. The largest absolute Gasteiger partial charge is 0.390 e. The Kier molecular flexibility index (Phi) is 8.63. The summed E-state index contributed by atoms with van der Waals surface area (Å²) in [6.07, 6.45) is 10.1. The molecule has 2 N–H and O–H groups in total. The van der Waals surface area contributed by atoms with Gasteiger partial charge in [-0.1, -0.05) is 31.9 Å². The summed E-state index contributed by atoms with van der Waals surface area (Å²) < 4.78 is 1.66. The summed E-state index contributed by atoms with van der Waals surface area (Å²) in [6, 6.07) is 2.07. The van der Waals surface area contributed by atoms with Gasteiger partial charge in [-0.15, -0.1) is 0 Å². The molecule has 1 aromatic heterocycles. The minimum Gasteiger partial charge on any atom is -0.390 e. The molecule has 1 heterocycles. The second-order valence-electron chi connectivity index (χ2n) is 4.90. The molecule has 0 spiro atoms. The van der Waals surface area contributed by atoms with Gasteiger partial charge in [0.1, 0.15) is 6.54 Å². The van der Waals surface area contributed by atoms with Gasteiger partial charge in [0.2, 0.25) is 5.84 Å². The highest BCUT2D eigenvalue weighted by atomic mass is 15.1. The molecule has 2 rings (SSSR count). The fraction of sp³-hybridized carbons (Fsp3) is 0.444. The monoisotopic (exact) mass is 324 g/mol. The highest BCUT2D eigenvalue weighted by Crippen LogP contribution is 2.18. The molecule has 126 valence electrons. The van der Waals surface area contributed by atoms with Crippen molar-refractivity contribution >= 4 is 18.0 Å². The quantitative estimate of drug-likeness (QED) is 0.392. The minimum atomic E-state index is 0.181. The number of aromatic nitrogens is 2. The molecule has 0 saturated heterocycles. The predicted molar refractivity (Wildman–Crippen MR) is 98.0 cm³/mol. The van der Waals surface area contributed by atoms with E-state index in [9.17, 15) is 0 Å². The molecule has 24 heavy (non-hydrogen) atoms. The van der Waals surface area contributed by atoms with E-state index in [-0.39, 0.29) is 6.54 Å². The molecule has 0 saturated carbocycles. The third-order valence-corrected chi connectivity index (χ3v) is 3.29. The Morgan fingerprint density at radius 1 is 1.50 bits per heavy atom. The normalized spacial score (nSPS) is 16.8. The van der Waals surface area contributed by atoms with Crippen molar-refractivity contribution in [3.63, 3.8) is 0 Å². The van der Waals surface area contributed by atoms with Gasteiger partial charge in [-0.05, 0) is 32.1 Å². The van der Waals surface area contributed by atoms with Crippen LogP contribution in [0.1, 0.15) is 38.8 Å². The number of aryl methyl sites for hydroxylation is 1. The van der Waals surface area contributed by atoms with Gasteiger partial charge in [-0.25, -0.2) is 15.0 Å². The number of nitriles is 1. The van der Waals surface area contributed by atoms with Gasteiger partial charge in [0, 0.05) is 5.92 Å². The fourth-order valence-corrected chi connectivity index (χ4v) is 2.16. The molecular weight excluding hydrogens is 300 g/mol. The third kappa shape index (κ3) is 5.73. The summed E-state index contributed by atoms with van der Waals surface area (Å²) in [6.45, 7) is 6.01. The molecular formula is C18H24N6. The van der Waals surface area contributed by atoms with Gasteiger partial charge in [0.05, 0.1) is 24.4 Å². The van der Waals surface area contributed by atoms with Gasteiger partial charge in [0.25, 0.3) is 0 Å². The van der Waals surface area contributed by atoms with Crippen LogP contribution in [0.25, 0.3) is 0 Å². The van der Waals surface area contributed by atoms with Crippen LogP contribution in [0.3, 0.4) is 0 Å². The van der Waals surface area contributed by atoms with Crippen LogP contribution in [0.15, 0.2) is 28.5 Å². The number of nitrogens with zero attached hydrogens (tertiary/aromatic N) is 5. The van der Waals surface area contributed by atoms with Gasteiger partial charge < -0.3 is 10.3 Å². The van der Waals surface area contributed by atoms with Crippen molar-refractivity contribution in [2.45, 2.75) is 46.6 Å². The SMILES string of the molecule is CC.Cc1ncn(CC#N)c1/N=C(/C#CC1CC=CCC1)N=CN. The second kappa shape index (κ2) is 10.8. The van der Waals surface area contributed by atoms with E-state index in [4.69, 9.17) is 11.0 Å². The lowest BCUT2D eigenvalue weighted by Crippen LogP contribution is -2.02. The van der Waals surface area contributed by atoms with Crippen LogP contribution >= 0.6 is 0 Å². The first-order valence-electron chi connectivity index (χ1n) is 8.12. The standard InChI is InChI=1S/C16H18N6.C2H6/c1-13-16(22(10-9-17)12-20-13)21-15(19-11-18)8-7-14-5-3-2-4-6-14;1-2/h2-3,11-12,14H,4-6,10H2,1H3,(H2,18,19,21);1-2H3. The molecule has 0 aliphatic heterocycles. The first kappa shape index (κ1) is 19.2. The van der Waals surface area contributed by atoms with Crippen LogP contribution in [0.2, 0.25) is 0 Å². The molecule has 0 fully saturated rings. The molecule has 1 aromatic rings. The van der Waals surface area contributed by atoms with Crippen LogP contribution in [0.4, 0.5) is 5.82 Å². The molecule has 1 atom stereocenters. The summed E-state index contributed by atoms with van der Waals surface area (Å²) in [4.78, 5) is 12.6. The van der Waals surface area contributed by atoms with Crippen LogP contribution in [-0.4, -0.2) is 21.7 Å². The van der Waals surface area contributed by atoms with E-state index >= 15 is 0 Å². The van der Waals surface area contributed by atoms with E-state index in [1.807, 2.05) is 20.8 Å². The second-order valence-corrected chi connectivity index (χ2v) is 4.90. The predicted octanol–water partition coefficient (Wildman–Crippen LogP) is 3.12. The summed E-state index contributed by atoms with van der Waals surface area (Å²) in [7, 11) is 0. The Labute approximate surface area is 143 Å². The maximum absolute atomic E-state index is 8.83. The first-order chi connectivity index (χ1) is 11.7. The number of amidine groups is 1. The van der Waals surface area contributed by atoms with Crippen LogP contribution < -0.4 is 5.73 Å². The van der Waals surface area contributed by atoms with Crippen molar-refractivity contribution in [2.24, 2.45) is 21.6 Å². The zero-order valence-electron chi connectivity index (χ0n) is 14.5. The van der Waals surface area contributed by atoms with Crippen molar-refractivity contribution in [3.8, 4) is 17.9 Å². The number of rotatable bonds is 2. The molecule has 0 aromatic carbocycles. The average Bonchev–Trinajstić information content (AvgIpc) is 2.96. The number of imidazole rings is 1. The zero-order valence-corrected chi connectivity index (χ0v) is 14.5. The van der Waals surface area contributed by atoms with E-state index in [0.717, 1.165) is 25.0 Å². The highest BCUT2D eigenvalue weighted by molar-refractivity contribution is 6.03. The van der Waals surface area contributed by atoms with Gasteiger partial charge in [0.15, 0.2) is 5.82 Å². The van der Waals surface area contributed by atoms with Gasteiger partial charge >= 0.3 is 0 Å². The Morgan fingerprint density at radius 2 is 2.29 bits per heavy atom. The van der Waals surface area contributed by atoms with Crippen molar-refractivity contribution in [1.82, 2.24) is 9.55 Å². The molecule has 6 heteroatoms. The molecule has 0 amide bonds. The Morgan fingerprint density at radius 3 is 2.92 bits per heavy atom. The summed E-state index contributed by atoms with van der Waals surface area (Å²) in [5.41, 5.74) is 6.10. The lowest BCUT2D eigenvalue weighted by atomic mass is 9.95. The molecule has 0 radical (unpaired) electrons. The van der Waals surface area contributed by atoms with E-state index in [0.29, 0.717) is 17.6 Å². The molecule has 1 aliphatic carbocycles. The van der Waals surface area contributed by atoms with Crippen molar-refractivity contribution in [2.75, 3.05) is 0 Å². The van der Waals surface area contributed by atoms with Crippen LogP contribution in [-0.2, 0) is 6.54 Å². The highest BCUT2D eigenvalue weighted by Gasteiger charge is 2.08. The maximum atomic E-state index is 8.83. The van der Waals surface area contributed by atoms with E-state index < -0.39 is 0 Å². The van der Waals surface area contributed by atoms with E-state index in [1.165, 1.54) is 6.34 Å².